The zero-order valence-corrected chi connectivity index (χ0v) is 19.5. The van der Waals surface area contributed by atoms with Gasteiger partial charge in [-0.15, -0.1) is 0 Å². The van der Waals surface area contributed by atoms with Crippen molar-refractivity contribution >= 4 is 8.58 Å². The Balaban J connectivity index is 3.21. The molecule has 0 unspecified atom stereocenters. The van der Waals surface area contributed by atoms with Crippen molar-refractivity contribution in [2.45, 2.75) is 142 Å². The molecular weight excluding hydrogens is 343 g/mol. The fourth-order valence-electron chi connectivity index (χ4n) is 3.27. The topological polar surface area (TPSA) is 0 Å². The number of unbranched alkanes of at least 4 members (excludes halogenated alkanes) is 18. The Kier molecular flexibility index (Phi) is 25.1. The molecule has 0 aromatic rings. The molecule has 0 saturated heterocycles. The summed E-state index contributed by atoms with van der Waals surface area (Å²) in [5.41, 5.74) is 6.39. The molecule has 0 bridgehead atoms. The van der Waals surface area contributed by atoms with Crippen LogP contribution in [0, 0.1) is 23.2 Å². The van der Waals surface area contributed by atoms with Gasteiger partial charge in [-0.05, 0) is 12.8 Å². The van der Waals surface area contributed by atoms with Gasteiger partial charge in [0.25, 0.3) is 0 Å². The van der Waals surface area contributed by atoms with Crippen LogP contribution in [0.3, 0.4) is 0 Å². The van der Waals surface area contributed by atoms with Crippen LogP contribution in [0.2, 0.25) is 0 Å². The van der Waals surface area contributed by atoms with E-state index in [9.17, 15) is 0 Å². The van der Waals surface area contributed by atoms with Crippen molar-refractivity contribution in [2.24, 2.45) is 0 Å². The Morgan fingerprint density at radius 1 is 0.407 bits per heavy atom. The molecule has 1 heteroatoms. The lowest BCUT2D eigenvalue weighted by atomic mass is 10.1. The van der Waals surface area contributed by atoms with Gasteiger partial charge in [0.2, 0.25) is 0 Å². The maximum Gasteiger partial charge on any atom is 0.0995 e. The molecule has 0 aliphatic carbocycles. The highest BCUT2D eigenvalue weighted by Gasteiger charge is 1.92. The van der Waals surface area contributed by atoms with Crippen molar-refractivity contribution in [3.8, 4) is 23.2 Å². The van der Waals surface area contributed by atoms with Crippen LogP contribution in [0.5, 0.6) is 0 Å². The summed E-state index contributed by atoms with van der Waals surface area (Å²) in [7, 11) is 1.01. The molecule has 0 aromatic carbocycles. The second-order valence-electron chi connectivity index (χ2n) is 7.85. The SMILES string of the molecule is CCCCCCCCCCCC#C[P]C#CCCCCCCCCCCC. The molecule has 0 amide bonds. The van der Waals surface area contributed by atoms with Crippen molar-refractivity contribution < 1.29 is 0 Å². The van der Waals surface area contributed by atoms with Crippen LogP contribution in [0.15, 0.2) is 0 Å². The van der Waals surface area contributed by atoms with Gasteiger partial charge in [-0.2, -0.15) is 0 Å². The van der Waals surface area contributed by atoms with Gasteiger partial charge in [0.05, 0.1) is 8.58 Å². The van der Waals surface area contributed by atoms with E-state index < -0.39 is 0 Å². The largest absolute Gasteiger partial charge is 0.0995 e. The fourth-order valence-corrected chi connectivity index (χ4v) is 3.70. The van der Waals surface area contributed by atoms with E-state index >= 15 is 0 Å². The summed E-state index contributed by atoms with van der Waals surface area (Å²) in [6, 6.07) is 0. The van der Waals surface area contributed by atoms with Crippen molar-refractivity contribution in [3.05, 3.63) is 0 Å². The van der Waals surface area contributed by atoms with Gasteiger partial charge in [-0.3, -0.25) is 0 Å². The van der Waals surface area contributed by atoms with Crippen LogP contribution in [0.4, 0.5) is 0 Å². The first kappa shape index (κ1) is 26.6. The quantitative estimate of drug-likeness (QED) is 0.124. The second kappa shape index (κ2) is 25.6. The normalized spacial score (nSPS) is 10.1. The Bertz CT molecular complexity index is 352. The lowest BCUT2D eigenvalue weighted by molar-refractivity contribution is 0.567. The van der Waals surface area contributed by atoms with Gasteiger partial charge in [-0.1, -0.05) is 140 Å². The molecule has 0 saturated carbocycles. The van der Waals surface area contributed by atoms with E-state index in [1.165, 1.54) is 116 Å². The van der Waals surface area contributed by atoms with Crippen molar-refractivity contribution in [1.82, 2.24) is 0 Å². The Morgan fingerprint density at radius 3 is 1.04 bits per heavy atom. The molecule has 0 rings (SSSR count). The molecule has 0 aliphatic rings. The average Bonchev–Trinajstić information content (AvgIpc) is 2.68. The van der Waals surface area contributed by atoms with Crippen LogP contribution >= 0.6 is 8.58 Å². The van der Waals surface area contributed by atoms with E-state index in [4.69, 9.17) is 0 Å². The smallest absolute Gasteiger partial charge is 0.0972 e. The zero-order chi connectivity index (χ0) is 19.7. The predicted molar refractivity (Wildman–Crippen MR) is 126 cm³/mol. The van der Waals surface area contributed by atoms with Gasteiger partial charge in [0, 0.05) is 12.8 Å². The third kappa shape index (κ3) is 25.5. The highest BCUT2D eigenvalue weighted by Crippen LogP contribution is 2.12. The van der Waals surface area contributed by atoms with Crippen LogP contribution in [0.25, 0.3) is 0 Å². The summed E-state index contributed by atoms with van der Waals surface area (Å²) in [6.07, 6.45) is 27.1. The molecule has 0 aromatic heterocycles. The van der Waals surface area contributed by atoms with E-state index in [2.05, 4.69) is 37.0 Å². The number of hydrogen-bond acceptors (Lipinski definition) is 0. The molecule has 155 valence electrons. The third-order valence-corrected chi connectivity index (χ3v) is 5.62. The van der Waals surface area contributed by atoms with Crippen molar-refractivity contribution in [1.29, 1.82) is 0 Å². The van der Waals surface area contributed by atoms with Gasteiger partial charge in [0.1, 0.15) is 0 Å². The summed E-state index contributed by atoms with van der Waals surface area (Å²) < 4.78 is 0. The molecule has 0 N–H and O–H groups in total. The van der Waals surface area contributed by atoms with E-state index in [1.807, 2.05) is 0 Å². The first-order valence-corrected chi connectivity index (χ1v) is 13.0. The van der Waals surface area contributed by atoms with E-state index in [-0.39, 0.29) is 0 Å². The minimum Gasteiger partial charge on any atom is -0.0972 e. The fraction of sp³-hybridized carbons (Fsp3) is 0.846. The minimum absolute atomic E-state index is 1.01. The number of rotatable bonds is 18. The van der Waals surface area contributed by atoms with Crippen LogP contribution in [-0.2, 0) is 0 Å². The van der Waals surface area contributed by atoms with E-state index in [1.54, 1.807) is 0 Å². The average molecular weight is 390 g/mol. The molecule has 0 aliphatic heterocycles. The second-order valence-corrected chi connectivity index (χ2v) is 8.52. The van der Waals surface area contributed by atoms with Gasteiger partial charge in [-0.25, -0.2) is 0 Å². The van der Waals surface area contributed by atoms with E-state index in [0.29, 0.717) is 0 Å². The Labute approximate surface area is 174 Å². The van der Waals surface area contributed by atoms with Crippen LogP contribution in [0.1, 0.15) is 142 Å². The third-order valence-electron chi connectivity index (χ3n) is 5.08. The van der Waals surface area contributed by atoms with Crippen molar-refractivity contribution in [2.75, 3.05) is 0 Å². The molecule has 0 nitrogen and oxygen atoms in total. The first-order chi connectivity index (χ1) is 13.4. The highest BCUT2D eigenvalue weighted by molar-refractivity contribution is 7.49. The van der Waals surface area contributed by atoms with Gasteiger partial charge < -0.3 is 0 Å². The first-order valence-electron chi connectivity index (χ1n) is 12.1. The van der Waals surface area contributed by atoms with Crippen LogP contribution < -0.4 is 0 Å². The summed E-state index contributed by atoms with van der Waals surface area (Å²) in [6.45, 7) is 4.56. The predicted octanol–water partition coefficient (Wildman–Crippen LogP) is 9.70. The zero-order valence-electron chi connectivity index (χ0n) is 18.6. The Hall–Kier alpha value is -0.450. The summed E-state index contributed by atoms with van der Waals surface area (Å²) in [5.74, 6) is 6.56. The molecule has 0 fully saturated rings. The maximum absolute atomic E-state index is 3.28. The molecule has 27 heavy (non-hydrogen) atoms. The summed E-state index contributed by atoms with van der Waals surface area (Å²) >= 11 is 0. The Morgan fingerprint density at radius 2 is 0.704 bits per heavy atom. The number of hydrogen-bond donors (Lipinski definition) is 0. The highest BCUT2D eigenvalue weighted by atomic mass is 31.1. The maximum atomic E-state index is 3.28. The molecule has 1 radical (unpaired) electrons. The van der Waals surface area contributed by atoms with E-state index in [0.717, 1.165) is 21.4 Å². The lowest BCUT2D eigenvalue weighted by Gasteiger charge is -2.00. The molecular formula is C26H46P. The lowest BCUT2D eigenvalue weighted by Crippen LogP contribution is -1.80. The minimum atomic E-state index is 1.01. The van der Waals surface area contributed by atoms with Crippen molar-refractivity contribution in [3.63, 3.8) is 0 Å². The summed E-state index contributed by atoms with van der Waals surface area (Å²) in [4.78, 5) is 0. The molecule has 0 atom stereocenters. The monoisotopic (exact) mass is 389 g/mol. The molecule has 0 heterocycles. The molecule has 0 spiro atoms. The standard InChI is InChI=1S/C26H46P/c1-3-5-7-9-11-13-15-17-19-21-23-25-27-26-24-22-20-18-16-14-12-10-8-6-4-2/h3-22H2,1-2H3. The van der Waals surface area contributed by atoms with Gasteiger partial charge in [0.15, 0.2) is 0 Å². The summed E-state index contributed by atoms with van der Waals surface area (Å²) in [5, 5.41) is 0. The van der Waals surface area contributed by atoms with Gasteiger partial charge >= 0.3 is 0 Å². The van der Waals surface area contributed by atoms with Crippen LogP contribution in [-0.4, -0.2) is 0 Å².